The molecule has 1 aliphatic rings. The van der Waals surface area contributed by atoms with Crippen LogP contribution in [0.5, 0.6) is 5.75 Å². The number of hydrogen-bond acceptors (Lipinski definition) is 2. The van der Waals surface area contributed by atoms with E-state index in [4.69, 9.17) is 9.47 Å². The summed E-state index contributed by atoms with van der Waals surface area (Å²) in [5, 5.41) is 0. The predicted molar refractivity (Wildman–Crippen MR) is 105 cm³/mol. The van der Waals surface area contributed by atoms with Crippen LogP contribution in [-0.4, -0.2) is 19.3 Å². The fraction of sp³-hybridized carbons (Fsp3) is 0.478. The molecule has 2 aromatic rings. The van der Waals surface area contributed by atoms with Crippen LogP contribution < -0.4 is 4.74 Å². The van der Waals surface area contributed by atoms with Gasteiger partial charge in [0.05, 0.1) is 24.9 Å². The van der Waals surface area contributed by atoms with Crippen molar-refractivity contribution in [1.29, 1.82) is 0 Å². The van der Waals surface area contributed by atoms with Crippen LogP contribution in [0.3, 0.4) is 0 Å². The molecule has 0 amide bonds. The molecule has 152 valence electrons. The number of rotatable bonds is 7. The number of benzene rings is 2. The van der Waals surface area contributed by atoms with Crippen LogP contribution in [-0.2, 0) is 4.74 Å². The Balaban J connectivity index is 1.87. The SMILES string of the molecule is CCCCOc1ccc(-c2ccc(C3CCC(C)OC3)c(C(F)F)c2F)cc1. The first kappa shape index (κ1) is 20.7. The van der Waals surface area contributed by atoms with Gasteiger partial charge in [-0.2, -0.15) is 0 Å². The Morgan fingerprint density at radius 2 is 1.86 bits per heavy atom. The van der Waals surface area contributed by atoms with E-state index in [1.807, 2.05) is 6.92 Å². The number of halogens is 3. The molecule has 2 nitrogen and oxygen atoms in total. The van der Waals surface area contributed by atoms with Crippen LogP contribution in [0.4, 0.5) is 13.2 Å². The van der Waals surface area contributed by atoms with E-state index in [-0.39, 0.29) is 17.6 Å². The largest absolute Gasteiger partial charge is 0.494 e. The summed E-state index contributed by atoms with van der Waals surface area (Å²) in [5.41, 5.74) is 0.609. The molecule has 0 aromatic heterocycles. The van der Waals surface area contributed by atoms with Gasteiger partial charge in [-0.1, -0.05) is 37.6 Å². The highest BCUT2D eigenvalue weighted by atomic mass is 19.3. The van der Waals surface area contributed by atoms with Crippen LogP contribution in [0, 0.1) is 5.82 Å². The summed E-state index contributed by atoms with van der Waals surface area (Å²) in [5.74, 6) is -0.347. The Bertz CT molecular complexity index is 766. The lowest BCUT2D eigenvalue weighted by Crippen LogP contribution is -2.23. The second-order valence-corrected chi connectivity index (χ2v) is 7.38. The minimum Gasteiger partial charge on any atom is -0.494 e. The monoisotopic (exact) mass is 392 g/mol. The molecule has 1 aliphatic heterocycles. The van der Waals surface area contributed by atoms with Crippen molar-refractivity contribution in [3.05, 3.63) is 53.3 Å². The van der Waals surface area contributed by atoms with E-state index in [1.54, 1.807) is 36.4 Å². The Morgan fingerprint density at radius 3 is 2.46 bits per heavy atom. The second kappa shape index (κ2) is 9.46. The molecule has 0 radical (unpaired) electrons. The van der Waals surface area contributed by atoms with Crippen molar-refractivity contribution < 1.29 is 22.6 Å². The molecule has 0 aliphatic carbocycles. The van der Waals surface area contributed by atoms with Gasteiger partial charge >= 0.3 is 0 Å². The number of hydrogen-bond donors (Lipinski definition) is 0. The molecule has 0 saturated carbocycles. The zero-order valence-electron chi connectivity index (χ0n) is 16.4. The van der Waals surface area contributed by atoms with E-state index in [0.717, 1.165) is 25.7 Å². The highest BCUT2D eigenvalue weighted by molar-refractivity contribution is 5.67. The Hall–Kier alpha value is -2.01. The van der Waals surface area contributed by atoms with Gasteiger partial charge in [-0.05, 0) is 49.4 Å². The minimum absolute atomic E-state index is 0.119. The standard InChI is InChI=1S/C23H27F3O2/c1-3-4-13-27-18-9-7-16(8-10-18)20-12-11-19(21(22(20)24)23(25)26)17-6-5-15(2)28-14-17/h7-12,15,17,23H,3-6,13-14H2,1-2H3. The molecular weight excluding hydrogens is 365 g/mol. The van der Waals surface area contributed by atoms with E-state index >= 15 is 4.39 Å². The van der Waals surface area contributed by atoms with E-state index in [0.29, 0.717) is 30.1 Å². The van der Waals surface area contributed by atoms with Gasteiger partial charge in [-0.25, -0.2) is 13.2 Å². The quantitative estimate of drug-likeness (QED) is 0.478. The third kappa shape index (κ3) is 4.69. The first-order valence-corrected chi connectivity index (χ1v) is 9.96. The Kier molecular flexibility index (Phi) is 7.00. The molecule has 3 rings (SSSR count). The van der Waals surface area contributed by atoms with Gasteiger partial charge in [0.1, 0.15) is 11.6 Å². The molecule has 5 heteroatoms. The normalized spacial score (nSPS) is 19.8. The lowest BCUT2D eigenvalue weighted by atomic mass is 9.86. The van der Waals surface area contributed by atoms with E-state index in [1.165, 1.54) is 0 Å². The molecule has 28 heavy (non-hydrogen) atoms. The third-order valence-corrected chi connectivity index (χ3v) is 5.31. The van der Waals surface area contributed by atoms with Crippen molar-refractivity contribution in [3.63, 3.8) is 0 Å². The van der Waals surface area contributed by atoms with Crippen molar-refractivity contribution >= 4 is 0 Å². The summed E-state index contributed by atoms with van der Waals surface area (Å²) < 4.78 is 53.8. The third-order valence-electron chi connectivity index (χ3n) is 5.31. The lowest BCUT2D eigenvalue weighted by molar-refractivity contribution is 0.0145. The summed E-state index contributed by atoms with van der Waals surface area (Å²) in [6.45, 7) is 5.02. The smallest absolute Gasteiger partial charge is 0.266 e. The zero-order chi connectivity index (χ0) is 20.1. The molecule has 1 fully saturated rings. The molecule has 0 spiro atoms. The highest BCUT2D eigenvalue weighted by Crippen LogP contribution is 2.39. The van der Waals surface area contributed by atoms with Gasteiger partial charge in [0.25, 0.3) is 6.43 Å². The number of ether oxygens (including phenoxy) is 2. The average molecular weight is 392 g/mol. The van der Waals surface area contributed by atoms with Gasteiger partial charge in [0, 0.05) is 11.5 Å². The van der Waals surface area contributed by atoms with Crippen LogP contribution in [0.25, 0.3) is 11.1 Å². The highest BCUT2D eigenvalue weighted by Gasteiger charge is 2.29. The summed E-state index contributed by atoms with van der Waals surface area (Å²) in [6.07, 6.45) is 0.759. The average Bonchev–Trinajstić information content (AvgIpc) is 2.69. The fourth-order valence-electron chi connectivity index (χ4n) is 3.60. The fourth-order valence-corrected chi connectivity index (χ4v) is 3.60. The molecule has 1 heterocycles. The van der Waals surface area contributed by atoms with Gasteiger partial charge in [-0.15, -0.1) is 0 Å². The van der Waals surface area contributed by atoms with Crippen LogP contribution in [0.1, 0.15) is 63.0 Å². The van der Waals surface area contributed by atoms with Gasteiger partial charge in [-0.3, -0.25) is 0 Å². The Labute approximate surface area is 164 Å². The zero-order valence-corrected chi connectivity index (χ0v) is 16.4. The maximum atomic E-state index is 15.1. The molecule has 0 N–H and O–H groups in total. The van der Waals surface area contributed by atoms with Gasteiger partial charge in [0.15, 0.2) is 0 Å². The van der Waals surface area contributed by atoms with Gasteiger partial charge in [0.2, 0.25) is 0 Å². The molecule has 2 unspecified atom stereocenters. The summed E-state index contributed by atoms with van der Waals surface area (Å²) >= 11 is 0. The van der Waals surface area contributed by atoms with Gasteiger partial charge < -0.3 is 9.47 Å². The van der Waals surface area contributed by atoms with Crippen LogP contribution >= 0.6 is 0 Å². The van der Waals surface area contributed by atoms with E-state index < -0.39 is 17.8 Å². The van der Waals surface area contributed by atoms with E-state index in [9.17, 15) is 8.78 Å². The van der Waals surface area contributed by atoms with Crippen LogP contribution in [0.15, 0.2) is 36.4 Å². The first-order valence-electron chi connectivity index (χ1n) is 9.96. The molecule has 1 saturated heterocycles. The number of alkyl halides is 2. The maximum absolute atomic E-state index is 15.1. The first-order chi connectivity index (χ1) is 13.5. The van der Waals surface area contributed by atoms with Crippen molar-refractivity contribution in [2.75, 3.05) is 13.2 Å². The lowest BCUT2D eigenvalue weighted by Gasteiger charge is -2.29. The Morgan fingerprint density at radius 1 is 1.11 bits per heavy atom. The maximum Gasteiger partial charge on any atom is 0.266 e. The predicted octanol–water partition coefficient (Wildman–Crippen LogP) is 6.89. The molecular formula is C23H27F3O2. The van der Waals surface area contributed by atoms with Crippen molar-refractivity contribution in [3.8, 4) is 16.9 Å². The minimum atomic E-state index is -2.87. The molecule has 0 bridgehead atoms. The summed E-state index contributed by atoms with van der Waals surface area (Å²) in [6, 6.07) is 10.1. The van der Waals surface area contributed by atoms with Crippen molar-refractivity contribution in [2.24, 2.45) is 0 Å². The summed E-state index contributed by atoms with van der Waals surface area (Å²) in [7, 11) is 0. The van der Waals surface area contributed by atoms with Crippen LogP contribution in [0.2, 0.25) is 0 Å². The number of unbranched alkanes of at least 4 members (excludes halogenated alkanes) is 1. The van der Waals surface area contributed by atoms with E-state index in [2.05, 4.69) is 6.92 Å². The topological polar surface area (TPSA) is 18.5 Å². The van der Waals surface area contributed by atoms with Crippen molar-refractivity contribution in [2.45, 2.75) is 58.0 Å². The summed E-state index contributed by atoms with van der Waals surface area (Å²) in [4.78, 5) is 0. The molecule has 2 aromatic carbocycles. The second-order valence-electron chi connectivity index (χ2n) is 7.38. The van der Waals surface area contributed by atoms with Crippen molar-refractivity contribution in [1.82, 2.24) is 0 Å². The molecule has 2 atom stereocenters.